The van der Waals surface area contributed by atoms with Crippen molar-refractivity contribution in [3.05, 3.63) is 48.3 Å². The van der Waals surface area contributed by atoms with Gasteiger partial charge in [-0.1, -0.05) is 18.2 Å². The topological polar surface area (TPSA) is 18.5 Å². The van der Waals surface area contributed by atoms with Crippen molar-refractivity contribution >= 4 is 0 Å². The van der Waals surface area contributed by atoms with Gasteiger partial charge in [0.1, 0.15) is 5.82 Å². The van der Waals surface area contributed by atoms with Gasteiger partial charge >= 0.3 is 0 Å². The molecule has 0 aliphatic carbocycles. The summed E-state index contributed by atoms with van der Waals surface area (Å²) in [6.45, 7) is 0. The van der Waals surface area contributed by atoms with Crippen LogP contribution in [-0.2, 0) is 0 Å². The second-order valence-corrected chi connectivity index (χ2v) is 3.48. The van der Waals surface area contributed by atoms with Crippen LogP contribution in [0.3, 0.4) is 0 Å². The van der Waals surface area contributed by atoms with Crippen LogP contribution in [0.2, 0.25) is 0 Å². The number of hydrogen-bond donors (Lipinski definition) is 0. The fourth-order valence-corrected chi connectivity index (χ4v) is 1.65. The SMILES string of the molecule is COc1ccc(-c2cc[c]cc2F)cc1OC. The van der Waals surface area contributed by atoms with Gasteiger partial charge in [-0.25, -0.2) is 4.39 Å². The van der Waals surface area contributed by atoms with Crippen LogP contribution >= 0.6 is 0 Å². The third-order valence-corrected chi connectivity index (χ3v) is 2.51. The van der Waals surface area contributed by atoms with Gasteiger partial charge in [0.25, 0.3) is 0 Å². The van der Waals surface area contributed by atoms with E-state index in [1.165, 1.54) is 6.07 Å². The predicted molar refractivity (Wildman–Crippen MR) is 63.8 cm³/mol. The summed E-state index contributed by atoms with van der Waals surface area (Å²) >= 11 is 0. The molecule has 0 fully saturated rings. The third kappa shape index (κ3) is 2.23. The van der Waals surface area contributed by atoms with Crippen molar-refractivity contribution in [3.8, 4) is 22.6 Å². The number of halogens is 1. The van der Waals surface area contributed by atoms with Crippen LogP contribution in [0.5, 0.6) is 11.5 Å². The summed E-state index contributed by atoms with van der Waals surface area (Å²) in [4.78, 5) is 0. The molecule has 2 aromatic rings. The summed E-state index contributed by atoms with van der Waals surface area (Å²) in [6.07, 6.45) is 0. The molecule has 2 aromatic carbocycles. The maximum atomic E-state index is 13.6. The second kappa shape index (κ2) is 4.87. The van der Waals surface area contributed by atoms with Gasteiger partial charge in [0.2, 0.25) is 0 Å². The molecule has 0 bridgehead atoms. The molecule has 0 amide bonds. The zero-order valence-corrected chi connectivity index (χ0v) is 9.66. The van der Waals surface area contributed by atoms with Gasteiger partial charge in [0.05, 0.1) is 14.2 Å². The van der Waals surface area contributed by atoms with Gasteiger partial charge < -0.3 is 9.47 Å². The maximum Gasteiger partial charge on any atom is 0.161 e. The lowest BCUT2D eigenvalue weighted by Crippen LogP contribution is -1.91. The highest BCUT2D eigenvalue weighted by molar-refractivity contribution is 5.67. The van der Waals surface area contributed by atoms with E-state index in [0.29, 0.717) is 17.1 Å². The summed E-state index contributed by atoms with van der Waals surface area (Å²) in [7, 11) is 3.12. The number of ether oxygens (including phenoxy) is 2. The fourth-order valence-electron chi connectivity index (χ4n) is 1.65. The average Bonchev–Trinajstić information content (AvgIpc) is 2.38. The van der Waals surface area contributed by atoms with E-state index in [0.717, 1.165) is 5.56 Å². The molecule has 0 aliphatic heterocycles. The van der Waals surface area contributed by atoms with Gasteiger partial charge in [-0.15, -0.1) is 0 Å². The molecule has 3 heteroatoms. The number of hydrogen-bond acceptors (Lipinski definition) is 2. The normalized spacial score (nSPS) is 10.1. The summed E-state index contributed by atoms with van der Waals surface area (Å²) in [5, 5.41) is 0. The molecule has 0 atom stereocenters. The summed E-state index contributed by atoms with van der Waals surface area (Å²) in [5.74, 6) is 0.899. The molecule has 0 saturated carbocycles. The molecular weight excluding hydrogens is 219 g/mol. The van der Waals surface area contributed by atoms with Crippen LogP contribution in [0.25, 0.3) is 11.1 Å². The van der Waals surface area contributed by atoms with E-state index >= 15 is 0 Å². The Labute approximate surface area is 99.6 Å². The van der Waals surface area contributed by atoms with E-state index in [9.17, 15) is 4.39 Å². The molecule has 0 aromatic heterocycles. The summed E-state index contributed by atoms with van der Waals surface area (Å²) < 4.78 is 23.9. The van der Waals surface area contributed by atoms with Crippen molar-refractivity contribution in [1.29, 1.82) is 0 Å². The summed E-state index contributed by atoms with van der Waals surface area (Å²) in [5.41, 5.74) is 1.26. The number of benzene rings is 2. The van der Waals surface area contributed by atoms with Crippen molar-refractivity contribution in [3.63, 3.8) is 0 Å². The highest BCUT2D eigenvalue weighted by Crippen LogP contribution is 2.32. The standard InChI is InChI=1S/C14H12FO2/c1-16-13-8-7-10(9-14(13)17-2)11-5-3-4-6-12(11)15/h3,5-9H,1-2H3. The molecule has 0 saturated heterocycles. The Bertz CT molecular complexity index is 523. The van der Waals surface area contributed by atoms with Crippen LogP contribution in [0.4, 0.5) is 4.39 Å². The number of methoxy groups -OCH3 is 2. The molecular formula is C14H12FO2. The monoisotopic (exact) mass is 231 g/mol. The molecule has 0 spiro atoms. The second-order valence-electron chi connectivity index (χ2n) is 3.48. The first kappa shape index (κ1) is 11.5. The van der Waals surface area contributed by atoms with Crippen molar-refractivity contribution < 1.29 is 13.9 Å². The molecule has 0 heterocycles. The minimum absolute atomic E-state index is 0.306. The van der Waals surface area contributed by atoms with Crippen molar-refractivity contribution in [2.75, 3.05) is 14.2 Å². The Morgan fingerprint density at radius 2 is 1.82 bits per heavy atom. The molecule has 0 N–H and O–H groups in total. The van der Waals surface area contributed by atoms with E-state index in [1.807, 2.05) is 0 Å². The minimum atomic E-state index is -0.306. The number of rotatable bonds is 3. The van der Waals surface area contributed by atoms with E-state index in [4.69, 9.17) is 9.47 Å². The Morgan fingerprint density at radius 3 is 2.47 bits per heavy atom. The fraction of sp³-hybridized carbons (Fsp3) is 0.143. The minimum Gasteiger partial charge on any atom is -0.493 e. The Balaban J connectivity index is 2.50. The summed E-state index contributed by atoms with van der Waals surface area (Å²) in [6, 6.07) is 12.6. The largest absolute Gasteiger partial charge is 0.493 e. The van der Waals surface area contributed by atoms with Crippen molar-refractivity contribution in [2.24, 2.45) is 0 Å². The lowest BCUT2D eigenvalue weighted by molar-refractivity contribution is 0.355. The highest BCUT2D eigenvalue weighted by atomic mass is 19.1. The highest BCUT2D eigenvalue weighted by Gasteiger charge is 2.08. The van der Waals surface area contributed by atoms with Crippen LogP contribution in [0, 0.1) is 11.9 Å². The first-order valence-corrected chi connectivity index (χ1v) is 5.14. The molecule has 2 nitrogen and oxygen atoms in total. The van der Waals surface area contributed by atoms with Crippen molar-refractivity contribution in [1.82, 2.24) is 0 Å². The van der Waals surface area contributed by atoms with E-state index in [-0.39, 0.29) is 5.82 Å². The van der Waals surface area contributed by atoms with Crippen molar-refractivity contribution in [2.45, 2.75) is 0 Å². The van der Waals surface area contributed by atoms with Gasteiger partial charge in [-0.3, -0.25) is 0 Å². The lowest BCUT2D eigenvalue weighted by atomic mass is 10.0. The van der Waals surface area contributed by atoms with Crippen LogP contribution < -0.4 is 9.47 Å². The first-order valence-electron chi connectivity index (χ1n) is 5.14. The van der Waals surface area contributed by atoms with Crippen LogP contribution in [0.1, 0.15) is 0 Å². The quantitative estimate of drug-likeness (QED) is 0.806. The van der Waals surface area contributed by atoms with Gasteiger partial charge in [0, 0.05) is 5.56 Å². The van der Waals surface area contributed by atoms with Crippen LogP contribution in [-0.4, -0.2) is 14.2 Å². The van der Waals surface area contributed by atoms with Gasteiger partial charge in [-0.05, 0) is 29.8 Å². The average molecular weight is 231 g/mol. The molecule has 1 radical (unpaired) electrons. The zero-order valence-electron chi connectivity index (χ0n) is 9.66. The maximum absolute atomic E-state index is 13.6. The first-order chi connectivity index (χ1) is 8.26. The molecule has 0 aliphatic rings. The smallest absolute Gasteiger partial charge is 0.161 e. The molecule has 17 heavy (non-hydrogen) atoms. The predicted octanol–water partition coefficient (Wildman–Crippen LogP) is 3.31. The Morgan fingerprint density at radius 1 is 1.06 bits per heavy atom. The Kier molecular flexibility index (Phi) is 3.28. The van der Waals surface area contributed by atoms with E-state index in [1.54, 1.807) is 44.6 Å². The molecule has 2 rings (SSSR count). The molecule has 0 unspecified atom stereocenters. The van der Waals surface area contributed by atoms with Gasteiger partial charge in [-0.2, -0.15) is 0 Å². The Hall–Kier alpha value is -2.03. The molecule has 87 valence electrons. The van der Waals surface area contributed by atoms with Gasteiger partial charge in [0.15, 0.2) is 11.5 Å². The van der Waals surface area contributed by atoms with Crippen LogP contribution in [0.15, 0.2) is 36.4 Å². The zero-order chi connectivity index (χ0) is 12.3. The third-order valence-electron chi connectivity index (χ3n) is 2.51. The van der Waals surface area contributed by atoms with E-state index < -0.39 is 0 Å². The lowest BCUT2D eigenvalue weighted by Gasteiger charge is -2.10. The van der Waals surface area contributed by atoms with E-state index in [2.05, 4.69) is 6.07 Å².